The molecule has 1 atom stereocenters. The number of ether oxygens (including phenoxy) is 2. The average Bonchev–Trinajstić information content (AvgIpc) is 3.22. The Morgan fingerprint density at radius 1 is 1.00 bits per heavy atom. The van der Waals surface area contributed by atoms with Crippen LogP contribution in [0.4, 0.5) is 0 Å². The summed E-state index contributed by atoms with van der Waals surface area (Å²) >= 11 is 0. The summed E-state index contributed by atoms with van der Waals surface area (Å²) < 4.78 is 10.7. The van der Waals surface area contributed by atoms with Crippen molar-refractivity contribution in [3.05, 3.63) is 48.5 Å². The van der Waals surface area contributed by atoms with Gasteiger partial charge < -0.3 is 14.6 Å². The molecule has 1 saturated heterocycles. The highest BCUT2D eigenvalue weighted by atomic mass is 16.6. The Kier molecular flexibility index (Phi) is 2.90. The van der Waals surface area contributed by atoms with Gasteiger partial charge in [-0.1, -0.05) is 24.3 Å². The van der Waals surface area contributed by atoms with Gasteiger partial charge in [0.2, 0.25) is 0 Å². The van der Waals surface area contributed by atoms with Crippen LogP contribution in [0, 0.1) is 0 Å². The van der Waals surface area contributed by atoms with E-state index in [1.54, 1.807) is 12.1 Å². The number of phenolic OH excluding ortho intramolecular Hbond substituents is 1. The summed E-state index contributed by atoms with van der Waals surface area (Å²) in [5.41, 5.74) is 2.18. The topological polar surface area (TPSA) is 42.0 Å². The molecular formula is C15H14O3. The second kappa shape index (κ2) is 4.70. The maximum Gasteiger partial charge on any atom is 0.119 e. The third-order valence-corrected chi connectivity index (χ3v) is 2.89. The zero-order chi connectivity index (χ0) is 12.4. The minimum atomic E-state index is 0.279. The van der Waals surface area contributed by atoms with E-state index in [1.165, 1.54) is 0 Å². The van der Waals surface area contributed by atoms with Crippen LogP contribution in [-0.4, -0.2) is 24.4 Å². The quantitative estimate of drug-likeness (QED) is 0.838. The van der Waals surface area contributed by atoms with Crippen LogP contribution in [0.5, 0.6) is 11.5 Å². The van der Waals surface area contributed by atoms with Crippen LogP contribution in [0.1, 0.15) is 0 Å². The van der Waals surface area contributed by atoms with E-state index in [9.17, 15) is 5.11 Å². The van der Waals surface area contributed by atoms with Crippen LogP contribution in [0.3, 0.4) is 0 Å². The molecule has 2 aromatic rings. The third-order valence-electron chi connectivity index (χ3n) is 2.89. The summed E-state index contributed by atoms with van der Waals surface area (Å²) in [6, 6.07) is 15.1. The Morgan fingerprint density at radius 3 is 2.11 bits per heavy atom. The minimum Gasteiger partial charge on any atom is -0.508 e. The summed E-state index contributed by atoms with van der Waals surface area (Å²) in [6.07, 6.45) is 0.279. The van der Waals surface area contributed by atoms with E-state index in [4.69, 9.17) is 9.47 Å². The predicted octanol–water partition coefficient (Wildman–Crippen LogP) is 2.84. The molecule has 0 aliphatic carbocycles. The van der Waals surface area contributed by atoms with Gasteiger partial charge in [-0.15, -0.1) is 0 Å². The van der Waals surface area contributed by atoms with Gasteiger partial charge in [-0.05, 0) is 35.4 Å². The second-order valence-electron chi connectivity index (χ2n) is 4.34. The van der Waals surface area contributed by atoms with Crippen molar-refractivity contribution >= 4 is 0 Å². The number of hydrogen-bond donors (Lipinski definition) is 1. The molecule has 0 saturated carbocycles. The number of rotatable bonds is 4. The predicted molar refractivity (Wildman–Crippen MR) is 68.8 cm³/mol. The first kappa shape index (κ1) is 11.1. The number of phenols is 1. The molecule has 0 spiro atoms. The van der Waals surface area contributed by atoms with Crippen molar-refractivity contribution in [3.8, 4) is 22.6 Å². The Hall–Kier alpha value is -2.00. The molecule has 1 unspecified atom stereocenters. The van der Waals surface area contributed by atoms with E-state index in [1.807, 2.05) is 36.4 Å². The van der Waals surface area contributed by atoms with Crippen molar-refractivity contribution in [1.82, 2.24) is 0 Å². The van der Waals surface area contributed by atoms with Crippen molar-refractivity contribution in [2.24, 2.45) is 0 Å². The van der Waals surface area contributed by atoms with Gasteiger partial charge in [0.15, 0.2) is 0 Å². The largest absolute Gasteiger partial charge is 0.508 e. The third kappa shape index (κ3) is 2.63. The molecule has 3 heteroatoms. The number of benzene rings is 2. The van der Waals surface area contributed by atoms with E-state index in [0.717, 1.165) is 23.5 Å². The van der Waals surface area contributed by atoms with E-state index in [2.05, 4.69) is 0 Å². The number of aromatic hydroxyl groups is 1. The molecule has 2 aromatic carbocycles. The van der Waals surface area contributed by atoms with Gasteiger partial charge in [-0.2, -0.15) is 0 Å². The van der Waals surface area contributed by atoms with Gasteiger partial charge in [0.1, 0.15) is 24.2 Å². The Bertz CT molecular complexity index is 512. The monoisotopic (exact) mass is 242 g/mol. The van der Waals surface area contributed by atoms with Crippen LogP contribution >= 0.6 is 0 Å². The maximum absolute atomic E-state index is 9.24. The van der Waals surface area contributed by atoms with Crippen molar-refractivity contribution in [2.45, 2.75) is 6.10 Å². The highest BCUT2D eigenvalue weighted by Gasteiger charge is 2.22. The smallest absolute Gasteiger partial charge is 0.119 e. The lowest BCUT2D eigenvalue weighted by molar-refractivity contribution is 0.263. The fourth-order valence-corrected chi connectivity index (χ4v) is 1.75. The van der Waals surface area contributed by atoms with Gasteiger partial charge in [-0.3, -0.25) is 0 Å². The summed E-state index contributed by atoms with van der Waals surface area (Å²) in [6.45, 7) is 1.43. The summed E-state index contributed by atoms with van der Waals surface area (Å²) in [4.78, 5) is 0. The van der Waals surface area contributed by atoms with Crippen LogP contribution in [0.2, 0.25) is 0 Å². The Morgan fingerprint density at radius 2 is 1.56 bits per heavy atom. The summed E-state index contributed by atoms with van der Waals surface area (Å²) in [7, 11) is 0. The standard InChI is InChI=1S/C15H14O3/c16-13-5-1-11(2-6-13)12-3-7-14(8-4-12)17-9-15-10-18-15/h1-8,15-16H,9-10H2. The minimum absolute atomic E-state index is 0.279. The molecule has 92 valence electrons. The van der Waals surface area contributed by atoms with Crippen LogP contribution in [-0.2, 0) is 4.74 Å². The summed E-state index contributed by atoms with van der Waals surface area (Å²) in [5.74, 6) is 1.14. The molecule has 1 N–H and O–H groups in total. The normalized spacial score (nSPS) is 17.4. The maximum atomic E-state index is 9.24. The molecular weight excluding hydrogens is 228 g/mol. The summed E-state index contributed by atoms with van der Waals surface area (Å²) in [5, 5.41) is 9.24. The molecule has 3 rings (SSSR count). The van der Waals surface area contributed by atoms with Gasteiger partial charge >= 0.3 is 0 Å². The molecule has 0 bridgehead atoms. The second-order valence-corrected chi connectivity index (χ2v) is 4.34. The first-order valence-electron chi connectivity index (χ1n) is 5.95. The molecule has 0 aromatic heterocycles. The molecule has 1 heterocycles. The first-order valence-corrected chi connectivity index (χ1v) is 5.95. The zero-order valence-electron chi connectivity index (χ0n) is 9.87. The highest BCUT2D eigenvalue weighted by Crippen LogP contribution is 2.24. The lowest BCUT2D eigenvalue weighted by atomic mass is 10.1. The Labute approximate surface area is 106 Å². The van der Waals surface area contributed by atoms with E-state index in [0.29, 0.717) is 6.61 Å². The molecule has 1 fully saturated rings. The van der Waals surface area contributed by atoms with Gasteiger partial charge in [0.25, 0.3) is 0 Å². The van der Waals surface area contributed by atoms with E-state index >= 15 is 0 Å². The number of epoxide rings is 1. The molecule has 18 heavy (non-hydrogen) atoms. The van der Waals surface area contributed by atoms with Crippen molar-refractivity contribution in [2.75, 3.05) is 13.2 Å². The average molecular weight is 242 g/mol. The van der Waals surface area contributed by atoms with Crippen molar-refractivity contribution in [3.63, 3.8) is 0 Å². The fourth-order valence-electron chi connectivity index (χ4n) is 1.75. The van der Waals surface area contributed by atoms with E-state index in [-0.39, 0.29) is 11.9 Å². The first-order chi connectivity index (χ1) is 8.81. The number of hydrogen-bond acceptors (Lipinski definition) is 3. The highest BCUT2D eigenvalue weighted by molar-refractivity contribution is 5.64. The lowest BCUT2D eigenvalue weighted by Gasteiger charge is -2.06. The van der Waals surface area contributed by atoms with E-state index < -0.39 is 0 Å². The van der Waals surface area contributed by atoms with Crippen molar-refractivity contribution in [1.29, 1.82) is 0 Å². The van der Waals surface area contributed by atoms with Crippen LogP contribution in [0.15, 0.2) is 48.5 Å². The van der Waals surface area contributed by atoms with Gasteiger partial charge in [0.05, 0.1) is 6.61 Å². The SMILES string of the molecule is Oc1ccc(-c2ccc(OCC3CO3)cc2)cc1. The van der Waals surface area contributed by atoms with Gasteiger partial charge in [0, 0.05) is 0 Å². The molecule has 0 amide bonds. The molecule has 1 aliphatic rings. The Balaban J connectivity index is 1.71. The van der Waals surface area contributed by atoms with Crippen LogP contribution < -0.4 is 4.74 Å². The zero-order valence-corrected chi connectivity index (χ0v) is 9.87. The van der Waals surface area contributed by atoms with Gasteiger partial charge in [-0.25, -0.2) is 0 Å². The molecule has 1 aliphatic heterocycles. The molecule has 3 nitrogen and oxygen atoms in total. The fraction of sp³-hybridized carbons (Fsp3) is 0.200. The molecule has 0 radical (unpaired) electrons. The van der Waals surface area contributed by atoms with Crippen molar-refractivity contribution < 1.29 is 14.6 Å². The lowest BCUT2D eigenvalue weighted by Crippen LogP contribution is -2.03. The van der Waals surface area contributed by atoms with Crippen LogP contribution in [0.25, 0.3) is 11.1 Å².